The Bertz CT molecular complexity index is 437. The van der Waals surface area contributed by atoms with Crippen molar-refractivity contribution in [3.05, 3.63) is 29.8 Å². The molecule has 0 spiro atoms. The van der Waals surface area contributed by atoms with Crippen LogP contribution in [0.25, 0.3) is 0 Å². The number of carbonyl (C=O) groups excluding carboxylic acids is 1. The van der Waals surface area contributed by atoms with Crippen LogP contribution in [0.5, 0.6) is 0 Å². The molecule has 7 nitrogen and oxygen atoms in total. The number of nitrogens with zero attached hydrogens (tertiary/aromatic N) is 3. The smallest absolute Gasteiger partial charge is 0.269 e. The summed E-state index contributed by atoms with van der Waals surface area (Å²) in [6, 6.07) is 1.57. The third-order valence-corrected chi connectivity index (χ3v) is 2.01. The standard InChI is InChI=1S/C8H8N4O3/c1-14-8(6-2-3-15-11-6)4-5(7(9)13)10-12-8/h2-4H,1H3,(H2,9,13). The van der Waals surface area contributed by atoms with Crippen LogP contribution in [0.15, 0.2) is 38.9 Å². The van der Waals surface area contributed by atoms with Gasteiger partial charge < -0.3 is 15.0 Å². The van der Waals surface area contributed by atoms with Gasteiger partial charge >= 0.3 is 0 Å². The maximum Gasteiger partial charge on any atom is 0.269 e. The van der Waals surface area contributed by atoms with E-state index in [2.05, 4.69) is 19.9 Å². The zero-order valence-corrected chi connectivity index (χ0v) is 7.88. The predicted molar refractivity (Wildman–Crippen MR) is 47.3 cm³/mol. The second kappa shape index (κ2) is 3.28. The predicted octanol–water partition coefficient (Wildman–Crippen LogP) is 0.309. The Morgan fingerprint density at radius 2 is 2.47 bits per heavy atom. The van der Waals surface area contributed by atoms with Crippen molar-refractivity contribution < 1.29 is 14.1 Å². The van der Waals surface area contributed by atoms with Crippen LogP contribution >= 0.6 is 0 Å². The van der Waals surface area contributed by atoms with Gasteiger partial charge in [0.2, 0.25) is 5.72 Å². The highest BCUT2D eigenvalue weighted by molar-refractivity contribution is 5.92. The second-order valence-electron chi connectivity index (χ2n) is 2.88. The van der Waals surface area contributed by atoms with E-state index in [4.69, 9.17) is 10.5 Å². The molecule has 0 saturated heterocycles. The SMILES string of the molecule is COC1(c2ccon2)C=C(C(N)=O)N=N1. The molecule has 78 valence electrons. The molecule has 0 radical (unpaired) electrons. The molecule has 15 heavy (non-hydrogen) atoms. The van der Waals surface area contributed by atoms with Gasteiger partial charge in [0.25, 0.3) is 5.91 Å². The summed E-state index contributed by atoms with van der Waals surface area (Å²) in [5.41, 5.74) is 4.32. The van der Waals surface area contributed by atoms with E-state index >= 15 is 0 Å². The van der Waals surface area contributed by atoms with Gasteiger partial charge in [-0.15, -0.1) is 10.2 Å². The summed E-state index contributed by atoms with van der Waals surface area (Å²) >= 11 is 0. The van der Waals surface area contributed by atoms with Crippen molar-refractivity contribution in [2.75, 3.05) is 7.11 Å². The molecule has 0 bridgehead atoms. The first-order valence-corrected chi connectivity index (χ1v) is 4.09. The quantitative estimate of drug-likeness (QED) is 0.771. The van der Waals surface area contributed by atoms with Crippen LogP contribution < -0.4 is 5.73 Å². The lowest BCUT2D eigenvalue weighted by Gasteiger charge is -2.16. The number of ether oxygens (including phenoxy) is 1. The van der Waals surface area contributed by atoms with Crippen molar-refractivity contribution in [3.63, 3.8) is 0 Å². The number of hydrogen-bond donors (Lipinski definition) is 1. The van der Waals surface area contributed by atoms with Gasteiger partial charge in [-0.05, 0) is 0 Å². The summed E-state index contributed by atoms with van der Waals surface area (Å²) < 4.78 is 9.83. The fraction of sp³-hybridized carbons (Fsp3) is 0.250. The van der Waals surface area contributed by atoms with Crippen LogP contribution in [0.4, 0.5) is 0 Å². The minimum absolute atomic E-state index is 0.0415. The number of hydrogen-bond acceptors (Lipinski definition) is 6. The zero-order valence-electron chi connectivity index (χ0n) is 7.88. The molecule has 7 heteroatoms. The molecule has 1 amide bonds. The molecular formula is C8H8N4O3. The first-order chi connectivity index (χ1) is 7.18. The lowest BCUT2D eigenvalue weighted by molar-refractivity contribution is -0.114. The van der Waals surface area contributed by atoms with Crippen molar-refractivity contribution in [1.29, 1.82) is 0 Å². The van der Waals surface area contributed by atoms with Gasteiger partial charge in [-0.25, -0.2) is 0 Å². The van der Waals surface area contributed by atoms with E-state index in [0.29, 0.717) is 5.69 Å². The maximum atomic E-state index is 10.9. The molecule has 1 atom stereocenters. The molecular weight excluding hydrogens is 200 g/mol. The molecule has 2 heterocycles. The summed E-state index contributed by atoms with van der Waals surface area (Å²) in [7, 11) is 1.42. The van der Waals surface area contributed by atoms with Gasteiger partial charge in [0.05, 0.1) is 0 Å². The summed E-state index contributed by atoms with van der Waals surface area (Å²) in [6.45, 7) is 0. The number of nitrogens with two attached hydrogens (primary N) is 1. The summed E-state index contributed by atoms with van der Waals surface area (Å²) in [4.78, 5) is 10.9. The maximum absolute atomic E-state index is 10.9. The van der Waals surface area contributed by atoms with Gasteiger partial charge in [-0.1, -0.05) is 5.16 Å². The molecule has 1 unspecified atom stereocenters. The Labute approximate surface area is 84.6 Å². The van der Waals surface area contributed by atoms with Gasteiger partial charge in [-0.3, -0.25) is 4.79 Å². The summed E-state index contributed by atoms with van der Waals surface area (Å²) in [6.07, 6.45) is 2.77. The van der Waals surface area contributed by atoms with Gasteiger partial charge in [0, 0.05) is 19.3 Å². The zero-order chi connectivity index (χ0) is 10.9. The number of primary amides is 1. The van der Waals surface area contributed by atoms with Crippen molar-refractivity contribution >= 4 is 5.91 Å². The Balaban J connectivity index is 2.43. The van der Waals surface area contributed by atoms with Crippen LogP contribution in [0.2, 0.25) is 0 Å². The highest BCUT2D eigenvalue weighted by Gasteiger charge is 2.38. The van der Waals surface area contributed by atoms with Gasteiger partial charge in [0.15, 0.2) is 5.70 Å². The van der Waals surface area contributed by atoms with E-state index < -0.39 is 11.6 Å². The number of rotatable bonds is 3. The fourth-order valence-electron chi connectivity index (χ4n) is 1.22. The highest BCUT2D eigenvalue weighted by atomic mass is 16.5. The molecule has 0 aliphatic carbocycles. The third-order valence-electron chi connectivity index (χ3n) is 2.01. The lowest BCUT2D eigenvalue weighted by Crippen LogP contribution is -2.22. The number of methoxy groups -OCH3 is 1. The highest BCUT2D eigenvalue weighted by Crippen LogP contribution is 2.33. The molecule has 0 fully saturated rings. The van der Waals surface area contributed by atoms with Crippen LogP contribution in [0.3, 0.4) is 0 Å². The number of azo groups is 1. The molecule has 1 aromatic heterocycles. The topological polar surface area (TPSA) is 103 Å². The first-order valence-electron chi connectivity index (χ1n) is 4.09. The van der Waals surface area contributed by atoms with E-state index in [0.717, 1.165) is 0 Å². The number of carbonyl (C=O) groups is 1. The van der Waals surface area contributed by atoms with Crippen LogP contribution in [-0.4, -0.2) is 18.2 Å². The van der Waals surface area contributed by atoms with Crippen molar-refractivity contribution in [2.45, 2.75) is 5.72 Å². The normalized spacial score (nSPS) is 24.2. The Morgan fingerprint density at radius 3 is 2.93 bits per heavy atom. The van der Waals surface area contributed by atoms with E-state index in [1.54, 1.807) is 6.07 Å². The van der Waals surface area contributed by atoms with Crippen LogP contribution in [0, 0.1) is 0 Å². The molecule has 2 N–H and O–H groups in total. The second-order valence-corrected chi connectivity index (χ2v) is 2.88. The number of aromatic nitrogens is 1. The molecule has 2 rings (SSSR count). The Hall–Kier alpha value is -2.02. The molecule has 1 aliphatic rings. The first kappa shape index (κ1) is 9.53. The van der Waals surface area contributed by atoms with E-state index in [9.17, 15) is 4.79 Å². The van der Waals surface area contributed by atoms with Crippen molar-refractivity contribution in [1.82, 2.24) is 5.16 Å². The van der Waals surface area contributed by atoms with E-state index in [1.165, 1.54) is 19.4 Å². The van der Waals surface area contributed by atoms with Crippen molar-refractivity contribution in [2.24, 2.45) is 16.0 Å². The number of amides is 1. The van der Waals surface area contributed by atoms with Gasteiger partial charge in [0.1, 0.15) is 12.0 Å². The third kappa shape index (κ3) is 1.42. The average Bonchev–Trinajstić information content (AvgIpc) is 2.87. The van der Waals surface area contributed by atoms with E-state index in [1.807, 2.05) is 0 Å². The van der Waals surface area contributed by atoms with Gasteiger partial charge in [-0.2, -0.15) is 0 Å². The van der Waals surface area contributed by atoms with E-state index in [-0.39, 0.29) is 5.70 Å². The lowest BCUT2D eigenvalue weighted by atomic mass is 10.1. The molecule has 0 saturated carbocycles. The molecule has 1 aliphatic heterocycles. The summed E-state index contributed by atoms with van der Waals surface area (Å²) in [5.74, 6) is -0.666. The van der Waals surface area contributed by atoms with Crippen molar-refractivity contribution in [3.8, 4) is 0 Å². The average molecular weight is 208 g/mol. The minimum Gasteiger partial charge on any atom is -0.364 e. The van der Waals surface area contributed by atoms with Crippen LogP contribution in [0.1, 0.15) is 5.69 Å². The molecule has 0 aromatic carbocycles. The monoisotopic (exact) mass is 208 g/mol. The van der Waals surface area contributed by atoms with Crippen LogP contribution in [-0.2, 0) is 15.3 Å². The Kier molecular flexibility index (Phi) is 2.09. The molecule has 1 aromatic rings. The summed E-state index contributed by atoms with van der Waals surface area (Å²) in [5, 5.41) is 11.1. The Morgan fingerprint density at radius 1 is 1.67 bits per heavy atom. The fourth-order valence-corrected chi connectivity index (χ4v) is 1.22. The largest absolute Gasteiger partial charge is 0.364 e. The minimum atomic E-state index is -1.20.